The Morgan fingerprint density at radius 3 is 1.81 bits per heavy atom. The van der Waals surface area contributed by atoms with Gasteiger partial charge in [0, 0.05) is 6.04 Å². The molecule has 0 radical (unpaired) electrons. The molecule has 0 saturated heterocycles. The van der Waals surface area contributed by atoms with Crippen molar-refractivity contribution in [2.45, 2.75) is 65.0 Å². The lowest BCUT2D eigenvalue weighted by atomic mass is 9.88. The highest BCUT2D eigenvalue weighted by Gasteiger charge is 2.13. The lowest BCUT2D eigenvalue weighted by Gasteiger charge is -2.22. The van der Waals surface area contributed by atoms with Crippen LogP contribution in [0, 0.1) is 5.92 Å². The quantitative estimate of drug-likeness (QED) is 0.670. The van der Waals surface area contributed by atoms with Gasteiger partial charge < -0.3 is 16.2 Å². The zero-order valence-corrected chi connectivity index (χ0v) is 11.0. The van der Waals surface area contributed by atoms with Crippen molar-refractivity contribution < 1.29 is 9.53 Å². The van der Waals surface area contributed by atoms with E-state index in [9.17, 15) is 4.79 Å². The lowest BCUT2D eigenvalue weighted by Crippen LogP contribution is -2.27. The molecule has 0 bridgehead atoms. The van der Waals surface area contributed by atoms with Gasteiger partial charge in [-0.1, -0.05) is 6.92 Å². The monoisotopic (exact) mass is 230 g/mol. The van der Waals surface area contributed by atoms with Crippen LogP contribution in [-0.4, -0.2) is 17.7 Å². The molecule has 0 unspecified atom stereocenters. The zero-order chi connectivity index (χ0) is 12.8. The highest BCUT2D eigenvalue weighted by Crippen LogP contribution is 2.21. The third kappa shape index (κ3) is 9.77. The molecule has 96 valence electrons. The van der Waals surface area contributed by atoms with Gasteiger partial charge >= 0.3 is 6.09 Å². The van der Waals surface area contributed by atoms with Crippen LogP contribution in [0.3, 0.4) is 0 Å². The number of amides is 1. The molecule has 0 aromatic rings. The van der Waals surface area contributed by atoms with Crippen molar-refractivity contribution in [3.8, 4) is 0 Å². The Hall–Kier alpha value is -0.770. The van der Waals surface area contributed by atoms with E-state index in [0.717, 1.165) is 5.92 Å². The number of rotatable bonds is 0. The molecule has 0 aromatic heterocycles. The van der Waals surface area contributed by atoms with Crippen LogP contribution in [0.25, 0.3) is 0 Å². The summed E-state index contributed by atoms with van der Waals surface area (Å²) >= 11 is 0. The predicted octanol–water partition coefficient (Wildman–Crippen LogP) is 2.40. The fraction of sp³-hybridized carbons (Fsp3) is 0.917. The van der Waals surface area contributed by atoms with Gasteiger partial charge in [0.2, 0.25) is 0 Å². The summed E-state index contributed by atoms with van der Waals surface area (Å²) in [5, 5.41) is 0. The summed E-state index contributed by atoms with van der Waals surface area (Å²) in [6.07, 6.45) is 4.47. The van der Waals surface area contributed by atoms with E-state index in [4.69, 9.17) is 11.5 Å². The predicted molar refractivity (Wildman–Crippen MR) is 66.0 cm³/mol. The van der Waals surface area contributed by atoms with E-state index in [1.165, 1.54) is 25.7 Å². The minimum absolute atomic E-state index is 0.453. The van der Waals surface area contributed by atoms with Crippen molar-refractivity contribution in [2.24, 2.45) is 17.4 Å². The summed E-state index contributed by atoms with van der Waals surface area (Å²) in [6, 6.07) is 0.520. The van der Waals surface area contributed by atoms with Crippen LogP contribution in [0.5, 0.6) is 0 Å². The fourth-order valence-corrected chi connectivity index (χ4v) is 1.59. The maximum absolute atomic E-state index is 10.0. The van der Waals surface area contributed by atoms with Crippen LogP contribution in [0.4, 0.5) is 4.79 Å². The van der Waals surface area contributed by atoms with E-state index in [2.05, 4.69) is 11.7 Å². The highest BCUT2D eigenvalue weighted by atomic mass is 16.6. The molecule has 0 heterocycles. The molecule has 1 amide bonds. The van der Waals surface area contributed by atoms with Crippen molar-refractivity contribution in [1.82, 2.24) is 0 Å². The minimum atomic E-state index is -0.725. The van der Waals surface area contributed by atoms with Crippen molar-refractivity contribution in [1.29, 1.82) is 0 Å². The summed E-state index contributed by atoms with van der Waals surface area (Å²) in [4.78, 5) is 10.0. The molecule has 1 saturated carbocycles. The van der Waals surface area contributed by atoms with Gasteiger partial charge in [-0.3, -0.25) is 0 Å². The average Bonchev–Trinajstić information content (AvgIpc) is 2.07. The van der Waals surface area contributed by atoms with Gasteiger partial charge in [-0.2, -0.15) is 0 Å². The molecule has 4 heteroatoms. The Labute approximate surface area is 98.7 Å². The second-order valence-electron chi connectivity index (χ2n) is 5.55. The Kier molecular flexibility index (Phi) is 6.41. The van der Waals surface area contributed by atoms with E-state index < -0.39 is 11.7 Å². The molecule has 0 atom stereocenters. The van der Waals surface area contributed by atoms with Crippen LogP contribution in [0.15, 0.2) is 0 Å². The third-order valence-electron chi connectivity index (χ3n) is 2.47. The first-order chi connectivity index (χ1) is 7.20. The molecular weight excluding hydrogens is 204 g/mol. The minimum Gasteiger partial charge on any atom is -0.444 e. The Morgan fingerprint density at radius 2 is 1.62 bits per heavy atom. The van der Waals surface area contributed by atoms with Crippen LogP contribution in [-0.2, 0) is 4.74 Å². The van der Waals surface area contributed by atoms with Gasteiger partial charge in [-0.05, 0) is 52.4 Å². The fourth-order valence-electron chi connectivity index (χ4n) is 1.59. The normalized spacial score (nSPS) is 25.3. The molecule has 1 rings (SSSR count). The van der Waals surface area contributed by atoms with E-state index in [1.807, 2.05) is 0 Å². The second kappa shape index (κ2) is 6.74. The number of carbonyl (C=O) groups excluding carboxylic acids is 1. The second-order valence-corrected chi connectivity index (χ2v) is 5.55. The van der Waals surface area contributed by atoms with Gasteiger partial charge in [0.15, 0.2) is 0 Å². The van der Waals surface area contributed by atoms with Crippen LogP contribution in [0.1, 0.15) is 53.4 Å². The maximum Gasteiger partial charge on any atom is 0.405 e. The van der Waals surface area contributed by atoms with Crippen molar-refractivity contribution >= 4 is 6.09 Å². The molecule has 4 N–H and O–H groups in total. The van der Waals surface area contributed by atoms with E-state index >= 15 is 0 Å². The standard InChI is InChI=1S/C7H15N.C5H11NO2/c1-6-2-4-7(8)5-3-6;1-5(2,3)8-4(6)7/h6-7H,2-5,8H2,1H3;1-3H3,(H2,6,7). The molecular formula is C12H26N2O2. The molecule has 1 aliphatic carbocycles. The van der Waals surface area contributed by atoms with Gasteiger partial charge in [0.05, 0.1) is 0 Å². The molecule has 0 spiro atoms. The number of primary amides is 1. The molecule has 0 aliphatic heterocycles. The van der Waals surface area contributed by atoms with Gasteiger partial charge in [0.1, 0.15) is 5.60 Å². The van der Waals surface area contributed by atoms with Crippen molar-refractivity contribution in [2.75, 3.05) is 0 Å². The van der Waals surface area contributed by atoms with Crippen LogP contribution < -0.4 is 11.5 Å². The van der Waals surface area contributed by atoms with Gasteiger partial charge in [-0.25, -0.2) is 4.79 Å². The van der Waals surface area contributed by atoms with E-state index in [1.54, 1.807) is 20.8 Å². The smallest absolute Gasteiger partial charge is 0.405 e. The third-order valence-corrected chi connectivity index (χ3v) is 2.47. The summed E-state index contributed by atoms with van der Waals surface area (Å²) in [5.41, 5.74) is 9.96. The molecule has 1 aliphatic rings. The summed E-state index contributed by atoms with van der Waals surface area (Å²) in [6.45, 7) is 7.60. The van der Waals surface area contributed by atoms with Gasteiger partial charge in [-0.15, -0.1) is 0 Å². The van der Waals surface area contributed by atoms with Crippen molar-refractivity contribution in [3.05, 3.63) is 0 Å². The number of ether oxygens (including phenoxy) is 1. The van der Waals surface area contributed by atoms with E-state index in [-0.39, 0.29) is 0 Å². The maximum atomic E-state index is 10.0. The topological polar surface area (TPSA) is 78.3 Å². The Bertz CT molecular complexity index is 194. The molecule has 0 aromatic carbocycles. The average molecular weight is 230 g/mol. The number of carbonyl (C=O) groups is 1. The van der Waals surface area contributed by atoms with E-state index in [0.29, 0.717) is 6.04 Å². The Balaban J connectivity index is 0.000000281. The first-order valence-electron chi connectivity index (χ1n) is 5.94. The number of hydrogen-bond donors (Lipinski definition) is 2. The summed E-state index contributed by atoms with van der Waals surface area (Å²) < 4.78 is 4.58. The largest absolute Gasteiger partial charge is 0.444 e. The molecule has 1 fully saturated rings. The lowest BCUT2D eigenvalue weighted by molar-refractivity contribution is 0.0600. The first-order valence-corrected chi connectivity index (χ1v) is 5.94. The highest BCUT2D eigenvalue weighted by molar-refractivity contribution is 5.65. The number of hydrogen-bond acceptors (Lipinski definition) is 3. The SMILES string of the molecule is CC(C)(C)OC(N)=O.CC1CCC(N)CC1. The molecule has 4 nitrogen and oxygen atoms in total. The van der Waals surface area contributed by atoms with Crippen LogP contribution >= 0.6 is 0 Å². The molecule has 16 heavy (non-hydrogen) atoms. The Morgan fingerprint density at radius 1 is 1.19 bits per heavy atom. The first kappa shape index (κ1) is 15.2. The van der Waals surface area contributed by atoms with Crippen molar-refractivity contribution in [3.63, 3.8) is 0 Å². The van der Waals surface area contributed by atoms with Crippen LogP contribution in [0.2, 0.25) is 0 Å². The van der Waals surface area contributed by atoms with Gasteiger partial charge in [0.25, 0.3) is 0 Å². The summed E-state index contributed by atoms with van der Waals surface area (Å²) in [5.74, 6) is 0.940. The zero-order valence-electron chi connectivity index (χ0n) is 11.0. The number of nitrogens with two attached hydrogens (primary N) is 2. The summed E-state index contributed by atoms with van der Waals surface area (Å²) in [7, 11) is 0.